The van der Waals surface area contributed by atoms with E-state index in [-0.39, 0.29) is 58.5 Å². The van der Waals surface area contributed by atoms with E-state index in [4.69, 9.17) is 12.8 Å². The summed E-state index contributed by atoms with van der Waals surface area (Å²) in [7, 11) is 0. The van der Waals surface area contributed by atoms with Gasteiger partial charge < -0.3 is 0 Å². The molecule has 0 amide bonds. The zero-order valence-corrected chi connectivity index (χ0v) is 57.8. The molecule has 0 atom stereocenters. The summed E-state index contributed by atoms with van der Waals surface area (Å²) in [5.74, 6) is 54.7. The van der Waals surface area contributed by atoms with Crippen molar-refractivity contribution in [2.45, 2.75) is 325 Å². The van der Waals surface area contributed by atoms with Crippen LogP contribution in [-0.2, 0) is 0 Å². The molecular weight excluding hydrogens is 913 g/mol. The standard InChI is InChI=1S/C11H12.C10H10.C9H12.C8H10.C7H12.2C6H12.C4H10.3C3H8.3C2H6.22H2/c1-5-6-7-8-9-10-11(2,3)4;1-5-6-7-8-9-10(2,3)4;1-5-6-7-8-9(2,3)4;1-5-6-7-8(2,3)4;1-5-6-7(2,3)4;2*1-2-4-6-5-3-1;1-4(2)3;3*1-3-2;3*1-2;;;;;;;;;;;;;;;;;;;;;;/h1-4H3;1H,2-4H3;1-4H3;1H,2-4H3;1-4H3;2*1-6H2;4H,1-3H3;3*3H2,1-2H3;3*1-2H3;22*1H. The Morgan fingerprint density at radius 1 is 0.289 bits per heavy atom. The van der Waals surface area contributed by atoms with Crippen LogP contribution in [0.25, 0.3) is 0 Å². The van der Waals surface area contributed by atoms with Gasteiger partial charge in [0.1, 0.15) is 0 Å². The van der Waals surface area contributed by atoms with Crippen LogP contribution in [0.3, 0.4) is 0 Å². The minimum absolute atomic E-state index is 0. The minimum atomic E-state index is 0. The highest BCUT2D eigenvalue weighted by atomic mass is 14.1. The van der Waals surface area contributed by atoms with Gasteiger partial charge in [-0.1, -0.05) is 242 Å². The molecule has 2 fully saturated rings. The van der Waals surface area contributed by atoms with Crippen molar-refractivity contribution in [1.29, 1.82) is 0 Å². The van der Waals surface area contributed by atoms with Crippen molar-refractivity contribution in [3.05, 3.63) is 0 Å². The van der Waals surface area contributed by atoms with Crippen LogP contribution in [0.4, 0.5) is 0 Å². The Labute approximate surface area is 519 Å². The fourth-order valence-corrected chi connectivity index (χ4v) is 3.63. The molecule has 0 aliphatic heterocycles. The van der Waals surface area contributed by atoms with E-state index in [0.717, 1.165) is 5.92 Å². The second-order valence-corrected chi connectivity index (χ2v) is 22.3. The zero-order valence-electron chi connectivity index (χ0n) is 57.8. The molecule has 0 saturated heterocycles. The first-order valence-corrected chi connectivity index (χ1v) is 29.6. The first-order valence-electron chi connectivity index (χ1n) is 29.6. The Morgan fingerprint density at radius 3 is 0.592 bits per heavy atom. The predicted molar refractivity (Wildman–Crippen MR) is 406 cm³/mol. The highest BCUT2D eigenvalue weighted by Gasteiger charge is 2.04. The van der Waals surface area contributed by atoms with Crippen LogP contribution in [0.5, 0.6) is 0 Å². The summed E-state index contributed by atoms with van der Waals surface area (Å²) in [6.07, 6.45) is 31.5. The van der Waals surface area contributed by atoms with Crippen LogP contribution in [-0.4, -0.2) is 0 Å². The Hall–Kier alpha value is -4.84. The molecule has 2 aliphatic rings. The van der Waals surface area contributed by atoms with Crippen LogP contribution in [0.2, 0.25) is 0 Å². The van der Waals surface area contributed by atoms with Crippen molar-refractivity contribution < 1.29 is 31.4 Å². The van der Waals surface area contributed by atoms with Gasteiger partial charge in [0.15, 0.2) is 0 Å². The second-order valence-electron chi connectivity index (χ2n) is 22.3. The van der Waals surface area contributed by atoms with Gasteiger partial charge in [0.2, 0.25) is 0 Å². The first-order chi connectivity index (χ1) is 35.3. The lowest BCUT2D eigenvalue weighted by Crippen LogP contribution is -1.98. The van der Waals surface area contributed by atoms with Gasteiger partial charge in [0, 0.05) is 58.5 Å². The van der Waals surface area contributed by atoms with Gasteiger partial charge in [-0.15, -0.1) is 18.8 Å². The van der Waals surface area contributed by atoms with E-state index in [1.165, 1.54) is 96.3 Å². The van der Waals surface area contributed by atoms with Crippen molar-refractivity contribution in [2.75, 3.05) is 0 Å². The highest BCUT2D eigenvalue weighted by Crippen LogP contribution is 2.16. The Kier molecular flexibility index (Phi) is 111. The first kappa shape index (κ1) is 100. The summed E-state index contributed by atoms with van der Waals surface area (Å²) in [5, 5.41) is 0. The van der Waals surface area contributed by atoms with E-state index in [2.05, 4.69) is 222 Å². The Balaban J connectivity index is -0.0000000142. The minimum Gasteiger partial charge on any atom is -0.106 e. The van der Waals surface area contributed by atoms with E-state index >= 15 is 0 Å². The molecule has 0 unspecified atom stereocenters. The summed E-state index contributed by atoms with van der Waals surface area (Å²) >= 11 is 0. The molecule has 480 valence electrons. The summed E-state index contributed by atoms with van der Waals surface area (Å²) < 4.78 is 0. The molecule has 0 nitrogen and oxygen atoms in total. The molecular formula is C76H176. The fourth-order valence-electron chi connectivity index (χ4n) is 3.63. The summed E-state index contributed by atoms with van der Waals surface area (Å²) in [4.78, 5) is 0. The molecule has 0 aromatic rings. The van der Waals surface area contributed by atoms with Gasteiger partial charge in [-0.3, -0.25) is 0 Å². The molecule has 0 aromatic heterocycles. The van der Waals surface area contributed by atoms with Crippen molar-refractivity contribution in [1.82, 2.24) is 0 Å². The SMILES string of the molecule is C#CC#CC#CC(C)(C)C.C#CC#CC(C)(C)C.C1CCCCC1.C1CCCCC1.CC.CC.CC.CC#CC#CC#CC(C)(C)C.CC#CC#CC(C)(C)C.CC#CC(C)(C)C.CC(C)C.CCC.CCC.CCC.[HH].[HH].[HH].[HH].[HH].[HH].[HH].[HH].[HH].[HH].[HH].[HH].[HH].[HH].[HH].[HH].[HH].[HH].[HH].[HH].[HH].[HH]. The third-order valence-electron chi connectivity index (χ3n) is 6.02. The summed E-state index contributed by atoms with van der Waals surface area (Å²) in [6, 6.07) is 0. The van der Waals surface area contributed by atoms with Gasteiger partial charge in [-0.25, -0.2) is 0 Å². The number of rotatable bonds is 0. The highest BCUT2D eigenvalue weighted by molar-refractivity contribution is 5.36. The third-order valence-corrected chi connectivity index (χ3v) is 6.02. The van der Waals surface area contributed by atoms with Gasteiger partial charge in [0.05, 0.1) is 0 Å². The zero-order chi connectivity index (χ0) is 62.8. The molecule has 76 heavy (non-hydrogen) atoms. The van der Waals surface area contributed by atoms with E-state index in [0.29, 0.717) is 0 Å². The van der Waals surface area contributed by atoms with Gasteiger partial charge >= 0.3 is 0 Å². The van der Waals surface area contributed by atoms with Gasteiger partial charge in [-0.2, -0.15) is 0 Å². The molecule has 2 aliphatic carbocycles. The molecule has 0 aromatic carbocycles. The van der Waals surface area contributed by atoms with Crippen LogP contribution < -0.4 is 0 Å². The quantitative estimate of drug-likeness (QED) is 0.212. The topological polar surface area (TPSA) is 0 Å². The van der Waals surface area contributed by atoms with E-state index < -0.39 is 0 Å². The van der Waals surface area contributed by atoms with Crippen molar-refractivity contribution in [2.24, 2.45) is 33.0 Å². The molecule has 2 saturated carbocycles. The lowest BCUT2D eigenvalue weighted by Gasteiger charge is -2.05. The van der Waals surface area contributed by atoms with Crippen LogP contribution >= 0.6 is 0 Å². The van der Waals surface area contributed by atoms with Crippen molar-refractivity contribution >= 4 is 0 Å². The maximum absolute atomic E-state index is 4.91. The number of hydrogen-bond donors (Lipinski definition) is 0. The summed E-state index contributed by atoms with van der Waals surface area (Å²) in [5.41, 5.74) is 0.378. The smallest absolute Gasteiger partial charge is 0.0240 e. The Morgan fingerprint density at radius 2 is 0.447 bits per heavy atom. The maximum Gasteiger partial charge on any atom is 0.0240 e. The Bertz CT molecular complexity index is 1840. The van der Waals surface area contributed by atoms with E-state index in [1.54, 1.807) is 13.8 Å². The molecule has 0 radical (unpaired) electrons. The average molecular weight is 1090 g/mol. The van der Waals surface area contributed by atoms with Crippen LogP contribution in [0, 0.1) is 164 Å². The second kappa shape index (κ2) is 84.1. The maximum atomic E-state index is 4.91. The molecule has 0 spiro atoms. The van der Waals surface area contributed by atoms with Crippen LogP contribution in [0.15, 0.2) is 0 Å². The van der Waals surface area contributed by atoms with E-state index in [1.807, 2.05) is 111 Å². The van der Waals surface area contributed by atoms with Gasteiger partial charge in [0.25, 0.3) is 0 Å². The number of hydrogen-bond acceptors (Lipinski definition) is 0. The fraction of sp³-hybridized carbons (Fsp3) is 0.711. The van der Waals surface area contributed by atoms with Crippen molar-refractivity contribution in [3.8, 4) is 131 Å². The molecule has 0 N–H and O–H groups in total. The van der Waals surface area contributed by atoms with Crippen molar-refractivity contribution in [3.63, 3.8) is 0 Å². The largest absolute Gasteiger partial charge is 0.106 e. The third kappa shape index (κ3) is 233. The average Bonchev–Trinajstić information content (AvgIpc) is 3.33. The molecule has 2 rings (SSSR count). The lowest BCUT2D eigenvalue weighted by atomic mass is 9.98. The summed E-state index contributed by atoms with van der Waals surface area (Å²) in [6.45, 7) is 67.5. The van der Waals surface area contributed by atoms with Gasteiger partial charge in [-0.05, 0) is 202 Å². The monoisotopic (exact) mass is 1090 g/mol. The van der Waals surface area contributed by atoms with E-state index in [9.17, 15) is 0 Å². The van der Waals surface area contributed by atoms with Crippen LogP contribution in [0.1, 0.15) is 356 Å². The number of terminal acetylenes is 2. The lowest BCUT2D eigenvalue weighted by molar-refractivity contribution is 0.504. The molecule has 0 heterocycles. The molecule has 0 bridgehead atoms. The predicted octanol–water partition coefficient (Wildman–Crippen LogP) is 28.6. The normalized spacial score (nSPS) is 10.2. The molecule has 0 heteroatoms.